The van der Waals surface area contributed by atoms with Crippen LogP contribution in [0.3, 0.4) is 0 Å². The number of alkyl halides is 1. The zero-order valence-corrected chi connectivity index (χ0v) is 9.01. The minimum absolute atomic E-state index is 0.162. The molecule has 0 saturated heterocycles. The summed E-state index contributed by atoms with van der Waals surface area (Å²) in [5.41, 5.74) is 1.30. The Labute approximate surface area is 88.5 Å². The number of hydrogen-bond donors (Lipinski definition) is 1. The van der Waals surface area contributed by atoms with Crippen molar-refractivity contribution in [2.24, 2.45) is 0 Å². The maximum absolute atomic E-state index is 11.5. The average molecular weight is 213 g/mol. The molecule has 0 aliphatic carbocycles. The molecule has 2 nitrogen and oxygen atoms in total. The first-order valence-electron chi connectivity index (χ1n) is 4.56. The molecule has 0 heterocycles. The van der Waals surface area contributed by atoms with E-state index in [1.807, 2.05) is 6.92 Å². The van der Waals surface area contributed by atoms with Gasteiger partial charge in [0.1, 0.15) is 5.75 Å². The molecule has 0 amide bonds. The molecule has 0 aliphatic heterocycles. The van der Waals surface area contributed by atoms with Crippen LogP contribution in [-0.4, -0.2) is 16.3 Å². The number of Topliss-reactive ketones (excluding diaryl/α,β-unsaturated/α-hetero) is 1. The summed E-state index contributed by atoms with van der Waals surface area (Å²) in [5, 5.41) is 8.97. The number of benzene rings is 1. The second kappa shape index (κ2) is 4.47. The molecule has 1 unspecified atom stereocenters. The molecule has 0 bridgehead atoms. The van der Waals surface area contributed by atoms with E-state index in [1.54, 1.807) is 19.1 Å². The lowest BCUT2D eigenvalue weighted by Gasteiger charge is -2.05. The van der Waals surface area contributed by atoms with E-state index in [2.05, 4.69) is 0 Å². The van der Waals surface area contributed by atoms with Crippen molar-refractivity contribution in [3.8, 4) is 5.75 Å². The Morgan fingerprint density at radius 1 is 1.57 bits per heavy atom. The third-order valence-electron chi connectivity index (χ3n) is 2.11. The van der Waals surface area contributed by atoms with Crippen LogP contribution in [0.15, 0.2) is 18.2 Å². The Morgan fingerprint density at radius 3 is 2.64 bits per heavy atom. The van der Waals surface area contributed by atoms with Gasteiger partial charge in [-0.25, -0.2) is 0 Å². The molecule has 0 aromatic heterocycles. The SMILES string of the molecule is CCc1ccc(C(=O)C(C)Cl)cc1O. The smallest absolute Gasteiger partial charge is 0.180 e. The molecule has 1 aromatic rings. The third kappa shape index (κ3) is 2.26. The molecule has 1 atom stereocenters. The lowest BCUT2D eigenvalue weighted by atomic mass is 10.0. The second-order valence-electron chi connectivity index (χ2n) is 3.18. The van der Waals surface area contributed by atoms with Crippen molar-refractivity contribution in [3.63, 3.8) is 0 Å². The van der Waals surface area contributed by atoms with Gasteiger partial charge in [-0.15, -0.1) is 11.6 Å². The maximum atomic E-state index is 11.5. The van der Waals surface area contributed by atoms with Gasteiger partial charge in [-0.05, 0) is 25.0 Å². The molecule has 1 rings (SSSR count). The number of carbonyl (C=O) groups is 1. The number of ketones is 1. The number of phenols is 1. The van der Waals surface area contributed by atoms with E-state index in [9.17, 15) is 9.90 Å². The summed E-state index contributed by atoms with van der Waals surface area (Å²) in [4.78, 5) is 11.5. The summed E-state index contributed by atoms with van der Waals surface area (Å²) in [6.07, 6.45) is 0.747. The fourth-order valence-electron chi connectivity index (χ4n) is 1.25. The van der Waals surface area contributed by atoms with Gasteiger partial charge in [-0.3, -0.25) is 4.79 Å². The van der Waals surface area contributed by atoms with Gasteiger partial charge in [0.15, 0.2) is 5.78 Å². The van der Waals surface area contributed by atoms with Gasteiger partial charge < -0.3 is 5.11 Å². The van der Waals surface area contributed by atoms with Crippen LogP contribution in [0.25, 0.3) is 0 Å². The average Bonchev–Trinajstić information content (AvgIpc) is 2.16. The topological polar surface area (TPSA) is 37.3 Å². The van der Waals surface area contributed by atoms with E-state index in [0.29, 0.717) is 5.56 Å². The number of phenolic OH excluding ortho intramolecular Hbond substituents is 1. The van der Waals surface area contributed by atoms with Crippen molar-refractivity contribution in [1.82, 2.24) is 0 Å². The van der Waals surface area contributed by atoms with Gasteiger partial charge in [-0.2, -0.15) is 0 Å². The van der Waals surface area contributed by atoms with Crippen LogP contribution >= 0.6 is 11.6 Å². The fourth-order valence-corrected chi connectivity index (χ4v) is 1.37. The van der Waals surface area contributed by atoms with Crippen LogP contribution in [-0.2, 0) is 6.42 Å². The minimum atomic E-state index is -0.554. The number of rotatable bonds is 3. The van der Waals surface area contributed by atoms with Crippen molar-refractivity contribution in [1.29, 1.82) is 0 Å². The van der Waals surface area contributed by atoms with Crippen LogP contribution < -0.4 is 0 Å². The molecule has 3 heteroatoms. The van der Waals surface area contributed by atoms with Crippen molar-refractivity contribution in [3.05, 3.63) is 29.3 Å². The Morgan fingerprint density at radius 2 is 2.21 bits per heavy atom. The Bertz CT molecular complexity index is 345. The van der Waals surface area contributed by atoms with Gasteiger partial charge >= 0.3 is 0 Å². The first kappa shape index (κ1) is 11.1. The molecule has 0 spiro atoms. The minimum Gasteiger partial charge on any atom is -0.508 e. The van der Waals surface area contributed by atoms with Gasteiger partial charge in [0, 0.05) is 5.56 Å². The van der Waals surface area contributed by atoms with Crippen molar-refractivity contribution >= 4 is 17.4 Å². The first-order valence-corrected chi connectivity index (χ1v) is 5.00. The highest BCUT2D eigenvalue weighted by molar-refractivity contribution is 6.33. The monoisotopic (exact) mass is 212 g/mol. The molecule has 0 fully saturated rings. The number of aryl methyl sites for hydroxylation is 1. The van der Waals surface area contributed by atoms with Crippen LogP contribution in [0, 0.1) is 0 Å². The van der Waals surface area contributed by atoms with E-state index in [1.165, 1.54) is 6.07 Å². The highest BCUT2D eigenvalue weighted by atomic mass is 35.5. The fraction of sp³-hybridized carbons (Fsp3) is 0.364. The lowest BCUT2D eigenvalue weighted by Crippen LogP contribution is -2.10. The molecular weight excluding hydrogens is 200 g/mol. The predicted molar refractivity (Wildman–Crippen MR) is 57.1 cm³/mol. The summed E-state index contributed by atoms with van der Waals surface area (Å²) in [7, 11) is 0. The molecular formula is C11H13ClO2. The van der Waals surface area contributed by atoms with Crippen molar-refractivity contribution in [2.45, 2.75) is 25.6 Å². The van der Waals surface area contributed by atoms with Crippen molar-refractivity contribution in [2.75, 3.05) is 0 Å². The zero-order valence-electron chi connectivity index (χ0n) is 8.25. The van der Waals surface area contributed by atoms with Crippen LogP contribution in [0.1, 0.15) is 29.8 Å². The van der Waals surface area contributed by atoms with E-state index in [-0.39, 0.29) is 11.5 Å². The third-order valence-corrected chi connectivity index (χ3v) is 2.31. The van der Waals surface area contributed by atoms with Crippen LogP contribution in [0.5, 0.6) is 5.75 Å². The lowest BCUT2D eigenvalue weighted by molar-refractivity contribution is 0.0991. The zero-order chi connectivity index (χ0) is 10.7. The Hall–Kier alpha value is -1.02. The van der Waals surface area contributed by atoms with Crippen LogP contribution in [0.4, 0.5) is 0 Å². The van der Waals surface area contributed by atoms with Crippen LogP contribution in [0.2, 0.25) is 0 Å². The van der Waals surface area contributed by atoms with E-state index in [0.717, 1.165) is 12.0 Å². The van der Waals surface area contributed by atoms with Gasteiger partial charge in [0.2, 0.25) is 0 Å². The molecule has 0 saturated carbocycles. The molecule has 14 heavy (non-hydrogen) atoms. The molecule has 76 valence electrons. The number of carbonyl (C=O) groups excluding carboxylic acids is 1. The van der Waals surface area contributed by atoms with Gasteiger partial charge in [0.25, 0.3) is 0 Å². The molecule has 0 aliphatic rings. The van der Waals surface area contributed by atoms with Gasteiger partial charge in [0.05, 0.1) is 5.38 Å². The molecule has 1 aromatic carbocycles. The summed E-state index contributed by atoms with van der Waals surface area (Å²) >= 11 is 5.66. The van der Waals surface area contributed by atoms with E-state index >= 15 is 0 Å². The summed E-state index contributed by atoms with van der Waals surface area (Å²) < 4.78 is 0. The first-order chi connectivity index (χ1) is 6.56. The quantitative estimate of drug-likeness (QED) is 0.618. The molecule has 0 radical (unpaired) electrons. The standard InChI is InChI=1S/C11H13ClO2/c1-3-8-4-5-9(6-10(8)13)11(14)7(2)12/h4-7,13H,3H2,1-2H3. The highest BCUT2D eigenvalue weighted by Gasteiger charge is 2.13. The normalized spacial score (nSPS) is 12.5. The Kier molecular flexibility index (Phi) is 3.53. The summed E-state index contributed by atoms with van der Waals surface area (Å²) in [5.74, 6) is 0.000265. The molecule has 1 N–H and O–H groups in total. The second-order valence-corrected chi connectivity index (χ2v) is 3.83. The van der Waals surface area contributed by atoms with Gasteiger partial charge in [-0.1, -0.05) is 19.1 Å². The number of hydrogen-bond acceptors (Lipinski definition) is 2. The number of aromatic hydroxyl groups is 1. The van der Waals surface area contributed by atoms with E-state index in [4.69, 9.17) is 11.6 Å². The summed E-state index contributed by atoms with van der Waals surface area (Å²) in [6, 6.07) is 4.92. The Balaban J connectivity index is 3.03. The number of halogens is 1. The predicted octanol–water partition coefficient (Wildman–Crippen LogP) is 2.76. The highest BCUT2D eigenvalue weighted by Crippen LogP contribution is 2.20. The van der Waals surface area contributed by atoms with Crippen molar-refractivity contribution < 1.29 is 9.90 Å². The van der Waals surface area contributed by atoms with E-state index < -0.39 is 5.38 Å². The summed E-state index contributed by atoms with van der Waals surface area (Å²) in [6.45, 7) is 3.56. The maximum Gasteiger partial charge on any atom is 0.180 e. The largest absolute Gasteiger partial charge is 0.508 e.